The van der Waals surface area contributed by atoms with E-state index >= 15 is 0 Å². The van der Waals surface area contributed by atoms with Crippen LogP contribution in [0.25, 0.3) is 88.2 Å². The molecule has 9 rings (SSSR count). The molecule has 0 amide bonds. The van der Waals surface area contributed by atoms with Gasteiger partial charge in [0.25, 0.3) is 0 Å². The third-order valence-corrected chi connectivity index (χ3v) is 8.69. The molecule has 0 radical (unpaired) electrons. The third kappa shape index (κ3) is 4.16. The number of fused-ring (bicyclic) bond motifs is 7. The van der Waals surface area contributed by atoms with Gasteiger partial charge in [-0.1, -0.05) is 48.0 Å². The quantitative estimate of drug-likeness (QED) is 0.195. The van der Waals surface area contributed by atoms with Crippen LogP contribution in [0, 0.1) is 13.8 Å². The van der Waals surface area contributed by atoms with Crippen molar-refractivity contribution in [3.05, 3.63) is 133 Å². The fourth-order valence-electron chi connectivity index (χ4n) is 6.53. The first-order chi connectivity index (χ1) is 22.1. The predicted octanol–water partition coefficient (Wildman–Crippen LogP) is 10.2. The van der Waals surface area contributed by atoms with E-state index < -0.39 is 0 Å². The Labute approximate surface area is 258 Å². The van der Waals surface area contributed by atoms with Gasteiger partial charge in [0.05, 0.1) is 22.4 Å². The van der Waals surface area contributed by atoms with E-state index in [1.165, 1.54) is 5.56 Å². The van der Waals surface area contributed by atoms with E-state index in [0.29, 0.717) is 0 Å². The van der Waals surface area contributed by atoms with Gasteiger partial charge in [0, 0.05) is 68.4 Å². The standard InChI is InChI=1S/C40H26N4O/c1-23-8-11-37-31(15-23)32-16-24(2)17-33(40(32)45-37)36-20-28(19-35(44-36)30-7-3-5-25-12-14-41-22-34(25)30)29-18-27-10-9-26-6-4-13-42-38(26)39(27)43-21-29/h3-22H,1-2H3. The van der Waals surface area contributed by atoms with Gasteiger partial charge in [-0.05, 0) is 85.0 Å². The van der Waals surface area contributed by atoms with Crippen molar-refractivity contribution in [2.75, 3.05) is 0 Å². The van der Waals surface area contributed by atoms with Crippen molar-refractivity contribution in [3.8, 4) is 33.6 Å². The number of hydrogen-bond donors (Lipinski definition) is 0. The highest BCUT2D eigenvalue weighted by molar-refractivity contribution is 6.10. The summed E-state index contributed by atoms with van der Waals surface area (Å²) >= 11 is 0. The maximum atomic E-state index is 6.54. The van der Waals surface area contributed by atoms with Gasteiger partial charge < -0.3 is 4.42 Å². The van der Waals surface area contributed by atoms with Crippen LogP contribution in [0.1, 0.15) is 11.1 Å². The Kier molecular flexibility index (Phi) is 5.56. The Morgan fingerprint density at radius 2 is 1.36 bits per heavy atom. The van der Waals surface area contributed by atoms with Crippen molar-refractivity contribution in [2.45, 2.75) is 13.8 Å². The lowest BCUT2D eigenvalue weighted by atomic mass is 9.96. The van der Waals surface area contributed by atoms with Crippen LogP contribution in [0.15, 0.2) is 126 Å². The van der Waals surface area contributed by atoms with Crippen LogP contribution in [-0.2, 0) is 0 Å². The van der Waals surface area contributed by atoms with Gasteiger partial charge in [0.1, 0.15) is 11.2 Å². The molecule has 0 saturated heterocycles. The van der Waals surface area contributed by atoms with Crippen LogP contribution in [-0.4, -0.2) is 19.9 Å². The zero-order valence-electron chi connectivity index (χ0n) is 24.7. The number of rotatable bonds is 3. The topological polar surface area (TPSA) is 64.7 Å². The number of hydrogen-bond acceptors (Lipinski definition) is 5. The van der Waals surface area contributed by atoms with E-state index in [1.807, 2.05) is 36.9 Å². The minimum Gasteiger partial charge on any atom is -0.455 e. The van der Waals surface area contributed by atoms with Crippen molar-refractivity contribution in [3.63, 3.8) is 0 Å². The molecule has 0 aliphatic carbocycles. The summed E-state index contributed by atoms with van der Waals surface area (Å²) in [6, 6.07) is 33.8. The average Bonchev–Trinajstić information content (AvgIpc) is 3.44. The summed E-state index contributed by atoms with van der Waals surface area (Å²) in [6.07, 6.45) is 7.51. The number of nitrogens with zero attached hydrogens (tertiary/aromatic N) is 4. The largest absolute Gasteiger partial charge is 0.455 e. The average molecular weight is 579 g/mol. The molecule has 0 aliphatic heterocycles. The third-order valence-electron chi connectivity index (χ3n) is 8.69. The molecule has 212 valence electrons. The molecule has 9 aromatic rings. The maximum Gasteiger partial charge on any atom is 0.144 e. The van der Waals surface area contributed by atoms with Crippen molar-refractivity contribution in [1.82, 2.24) is 19.9 Å². The van der Waals surface area contributed by atoms with Gasteiger partial charge in [0.2, 0.25) is 0 Å². The molecule has 0 saturated carbocycles. The summed E-state index contributed by atoms with van der Waals surface area (Å²) in [7, 11) is 0. The van der Waals surface area contributed by atoms with E-state index in [1.54, 1.807) is 0 Å². The Bertz CT molecular complexity index is 2630. The van der Waals surface area contributed by atoms with E-state index in [9.17, 15) is 0 Å². The molecule has 5 heteroatoms. The van der Waals surface area contributed by atoms with Gasteiger partial charge in [-0.25, -0.2) is 4.98 Å². The summed E-state index contributed by atoms with van der Waals surface area (Å²) in [6.45, 7) is 4.24. The molecular formula is C40H26N4O. The second-order valence-corrected chi connectivity index (χ2v) is 11.8. The van der Waals surface area contributed by atoms with Crippen LogP contribution in [0.3, 0.4) is 0 Å². The normalized spacial score (nSPS) is 11.8. The molecular weight excluding hydrogens is 552 g/mol. The highest BCUT2D eigenvalue weighted by Crippen LogP contribution is 2.40. The molecule has 0 aliphatic rings. The lowest BCUT2D eigenvalue weighted by Gasteiger charge is -2.13. The first kappa shape index (κ1) is 25.5. The second-order valence-electron chi connectivity index (χ2n) is 11.8. The van der Waals surface area contributed by atoms with Gasteiger partial charge in [-0.15, -0.1) is 0 Å². The van der Waals surface area contributed by atoms with Gasteiger partial charge in [-0.3, -0.25) is 15.0 Å². The minimum absolute atomic E-state index is 0.838. The molecule has 5 aromatic heterocycles. The van der Waals surface area contributed by atoms with Gasteiger partial charge in [-0.2, -0.15) is 0 Å². The predicted molar refractivity (Wildman–Crippen MR) is 183 cm³/mol. The number of furan rings is 1. The molecule has 0 N–H and O–H groups in total. The van der Waals surface area contributed by atoms with Crippen LogP contribution in [0.2, 0.25) is 0 Å². The van der Waals surface area contributed by atoms with E-state index in [4.69, 9.17) is 14.4 Å². The molecule has 0 spiro atoms. The smallest absolute Gasteiger partial charge is 0.144 e. The van der Waals surface area contributed by atoms with Crippen molar-refractivity contribution < 1.29 is 4.42 Å². The van der Waals surface area contributed by atoms with Gasteiger partial charge >= 0.3 is 0 Å². The fourth-order valence-corrected chi connectivity index (χ4v) is 6.53. The summed E-state index contributed by atoms with van der Waals surface area (Å²) in [4.78, 5) is 19.3. The lowest BCUT2D eigenvalue weighted by Crippen LogP contribution is -1.94. The molecule has 5 nitrogen and oxygen atoms in total. The summed E-state index contributed by atoms with van der Waals surface area (Å²) in [5, 5.41) is 6.50. The molecule has 0 bridgehead atoms. The van der Waals surface area contributed by atoms with Crippen LogP contribution in [0.5, 0.6) is 0 Å². The van der Waals surface area contributed by atoms with Crippen molar-refractivity contribution in [1.29, 1.82) is 0 Å². The lowest BCUT2D eigenvalue weighted by molar-refractivity contribution is 0.669. The number of aryl methyl sites for hydroxylation is 2. The van der Waals surface area contributed by atoms with E-state index in [2.05, 4.69) is 109 Å². The maximum absolute atomic E-state index is 6.54. The molecule has 0 atom stereocenters. The second kappa shape index (κ2) is 9.79. The van der Waals surface area contributed by atoms with Crippen molar-refractivity contribution >= 4 is 54.5 Å². The highest BCUT2D eigenvalue weighted by atomic mass is 16.3. The first-order valence-electron chi connectivity index (χ1n) is 15.0. The molecule has 45 heavy (non-hydrogen) atoms. The molecule has 0 fully saturated rings. The Balaban J connectivity index is 1.33. The van der Waals surface area contributed by atoms with Crippen molar-refractivity contribution in [2.24, 2.45) is 0 Å². The van der Waals surface area contributed by atoms with Crippen LogP contribution < -0.4 is 0 Å². The summed E-state index contributed by atoms with van der Waals surface area (Å²) in [5.41, 5.74) is 11.6. The summed E-state index contributed by atoms with van der Waals surface area (Å²) in [5.74, 6) is 0. The Morgan fingerprint density at radius 1 is 0.533 bits per heavy atom. The Hall–Kier alpha value is -5.94. The molecule has 0 unspecified atom stereocenters. The van der Waals surface area contributed by atoms with Crippen LogP contribution >= 0.6 is 0 Å². The zero-order valence-corrected chi connectivity index (χ0v) is 24.7. The highest BCUT2D eigenvalue weighted by Gasteiger charge is 2.18. The SMILES string of the molecule is Cc1ccc2oc3c(-c4cc(-c5cnc6c(ccc7cccnc76)c5)cc(-c5cccc6ccncc56)n4)cc(C)cc3c2c1. The van der Waals surface area contributed by atoms with Crippen LogP contribution in [0.4, 0.5) is 0 Å². The fraction of sp³-hybridized carbons (Fsp3) is 0.0500. The zero-order chi connectivity index (χ0) is 30.1. The molecule has 4 aromatic carbocycles. The van der Waals surface area contributed by atoms with E-state index in [-0.39, 0.29) is 0 Å². The Morgan fingerprint density at radius 3 is 2.29 bits per heavy atom. The van der Waals surface area contributed by atoms with E-state index in [0.717, 1.165) is 93.7 Å². The monoisotopic (exact) mass is 578 g/mol. The summed E-state index contributed by atoms with van der Waals surface area (Å²) < 4.78 is 6.54. The first-order valence-corrected chi connectivity index (χ1v) is 15.0. The number of benzene rings is 4. The number of aromatic nitrogens is 4. The van der Waals surface area contributed by atoms with Gasteiger partial charge in [0.15, 0.2) is 0 Å². The number of pyridine rings is 4. The minimum atomic E-state index is 0.838. The molecule has 5 heterocycles.